The third kappa shape index (κ3) is 2.24. The molecule has 1 rings (SSSR count). The molecule has 0 amide bonds. The molecule has 0 radical (unpaired) electrons. The van der Waals surface area contributed by atoms with Crippen LogP contribution in [0.5, 0.6) is 0 Å². The SMILES string of the molecule is N#CCCNc1ccccc1F. The number of nitrogens with zero attached hydrogens (tertiary/aromatic N) is 1. The van der Waals surface area contributed by atoms with Crippen LogP contribution in [0.3, 0.4) is 0 Å². The first-order valence-electron chi connectivity index (χ1n) is 3.70. The van der Waals surface area contributed by atoms with E-state index in [0.717, 1.165) is 0 Å². The molecular formula is C9H9FN2. The van der Waals surface area contributed by atoms with Gasteiger partial charge in [0.05, 0.1) is 18.2 Å². The molecule has 1 aromatic rings. The van der Waals surface area contributed by atoms with E-state index >= 15 is 0 Å². The predicted octanol–water partition coefficient (Wildman–Crippen LogP) is 2.15. The Morgan fingerprint density at radius 3 is 2.83 bits per heavy atom. The number of nitriles is 1. The Hall–Kier alpha value is -1.56. The standard InChI is InChI=1S/C9H9FN2/c10-8-4-1-2-5-9(8)12-7-3-6-11/h1-2,4-5,12H,3,7H2. The van der Waals surface area contributed by atoms with Crippen molar-refractivity contribution >= 4 is 5.69 Å². The Morgan fingerprint density at radius 2 is 2.17 bits per heavy atom. The molecule has 0 unspecified atom stereocenters. The highest BCUT2D eigenvalue weighted by Gasteiger charge is 1.96. The highest BCUT2D eigenvalue weighted by atomic mass is 19.1. The van der Waals surface area contributed by atoms with Gasteiger partial charge >= 0.3 is 0 Å². The summed E-state index contributed by atoms with van der Waals surface area (Å²) in [6.45, 7) is 0.484. The zero-order chi connectivity index (χ0) is 8.81. The molecule has 0 bridgehead atoms. The minimum Gasteiger partial charge on any atom is -0.382 e. The van der Waals surface area contributed by atoms with Gasteiger partial charge in [-0.05, 0) is 12.1 Å². The summed E-state index contributed by atoms with van der Waals surface area (Å²) in [5.41, 5.74) is 0.452. The number of para-hydroxylation sites is 1. The number of anilines is 1. The smallest absolute Gasteiger partial charge is 0.146 e. The lowest BCUT2D eigenvalue weighted by molar-refractivity contribution is 0.630. The lowest BCUT2D eigenvalue weighted by Gasteiger charge is -2.03. The summed E-state index contributed by atoms with van der Waals surface area (Å²) in [5, 5.41) is 11.0. The van der Waals surface area contributed by atoms with Crippen molar-refractivity contribution in [3.8, 4) is 6.07 Å². The molecule has 1 N–H and O–H groups in total. The summed E-state index contributed by atoms with van der Waals surface area (Å²) in [7, 11) is 0. The van der Waals surface area contributed by atoms with E-state index < -0.39 is 0 Å². The Kier molecular flexibility index (Phi) is 3.09. The van der Waals surface area contributed by atoms with E-state index in [1.54, 1.807) is 18.2 Å². The van der Waals surface area contributed by atoms with Crippen LogP contribution in [0.4, 0.5) is 10.1 Å². The van der Waals surface area contributed by atoms with Gasteiger partial charge in [0, 0.05) is 6.54 Å². The summed E-state index contributed by atoms with van der Waals surface area (Å²) in [6, 6.07) is 8.38. The zero-order valence-corrected chi connectivity index (χ0v) is 6.55. The lowest BCUT2D eigenvalue weighted by Crippen LogP contribution is -2.01. The van der Waals surface area contributed by atoms with Crippen LogP contribution in [0, 0.1) is 17.1 Å². The van der Waals surface area contributed by atoms with Gasteiger partial charge in [-0.3, -0.25) is 0 Å². The van der Waals surface area contributed by atoms with E-state index in [9.17, 15) is 4.39 Å². The quantitative estimate of drug-likeness (QED) is 0.695. The van der Waals surface area contributed by atoms with Gasteiger partial charge in [0.15, 0.2) is 0 Å². The molecule has 0 saturated heterocycles. The summed E-state index contributed by atoms with van der Waals surface area (Å²) in [6.07, 6.45) is 0.383. The van der Waals surface area contributed by atoms with Gasteiger partial charge in [0.2, 0.25) is 0 Å². The number of rotatable bonds is 3. The Bertz CT molecular complexity index is 291. The van der Waals surface area contributed by atoms with Crippen LogP contribution in [0.2, 0.25) is 0 Å². The third-order valence-electron chi connectivity index (χ3n) is 1.43. The van der Waals surface area contributed by atoms with Crippen molar-refractivity contribution in [1.29, 1.82) is 5.26 Å². The van der Waals surface area contributed by atoms with Crippen molar-refractivity contribution in [2.24, 2.45) is 0 Å². The number of hydrogen-bond acceptors (Lipinski definition) is 2. The monoisotopic (exact) mass is 164 g/mol. The molecule has 0 fully saturated rings. The van der Waals surface area contributed by atoms with Gasteiger partial charge in [-0.2, -0.15) is 5.26 Å². The minimum absolute atomic E-state index is 0.282. The topological polar surface area (TPSA) is 35.8 Å². The maximum Gasteiger partial charge on any atom is 0.146 e. The van der Waals surface area contributed by atoms with E-state index in [1.165, 1.54) is 6.07 Å². The zero-order valence-electron chi connectivity index (χ0n) is 6.55. The molecule has 0 aliphatic carbocycles. The summed E-state index contributed by atoms with van der Waals surface area (Å²) < 4.78 is 12.9. The van der Waals surface area contributed by atoms with Crippen molar-refractivity contribution in [2.45, 2.75) is 6.42 Å². The predicted molar refractivity (Wildman–Crippen MR) is 45.1 cm³/mol. The molecule has 0 aliphatic heterocycles. The number of benzene rings is 1. The molecule has 62 valence electrons. The van der Waals surface area contributed by atoms with Crippen LogP contribution in [-0.4, -0.2) is 6.54 Å². The Morgan fingerprint density at radius 1 is 1.42 bits per heavy atom. The fraction of sp³-hybridized carbons (Fsp3) is 0.222. The number of hydrogen-bond donors (Lipinski definition) is 1. The first-order chi connectivity index (χ1) is 5.84. The first kappa shape index (κ1) is 8.54. The summed E-state index contributed by atoms with van der Waals surface area (Å²) in [4.78, 5) is 0. The molecular weight excluding hydrogens is 155 g/mol. The average molecular weight is 164 g/mol. The van der Waals surface area contributed by atoms with Crippen LogP contribution in [0.1, 0.15) is 6.42 Å². The number of halogens is 1. The maximum absolute atomic E-state index is 12.9. The molecule has 12 heavy (non-hydrogen) atoms. The largest absolute Gasteiger partial charge is 0.382 e. The summed E-state index contributed by atoms with van der Waals surface area (Å²) >= 11 is 0. The van der Waals surface area contributed by atoms with Crippen molar-refractivity contribution in [3.63, 3.8) is 0 Å². The molecule has 1 aromatic carbocycles. The van der Waals surface area contributed by atoms with Gasteiger partial charge in [0.25, 0.3) is 0 Å². The van der Waals surface area contributed by atoms with Crippen LogP contribution >= 0.6 is 0 Å². The Labute approximate surface area is 70.6 Å². The van der Waals surface area contributed by atoms with Crippen molar-refractivity contribution in [2.75, 3.05) is 11.9 Å². The summed E-state index contributed by atoms with van der Waals surface area (Å²) in [5.74, 6) is -0.282. The van der Waals surface area contributed by atoms with E-state index in [0.29, 0.717) is 18.7 Å². The van der Waals surface area contributed by atoms with Crippen LogP contribution in [0.25, 0.3) is 0 Å². The van der Waals surface area contributed by atoms with Crippen LogP contribution < -0.4 is 5.32 Å². The highest BCUT2D eigenvalue weighted by molar-refractivity contribution is 5.44. The molecule has 0 saturated carbocycles. The maximum atomic E-state index is 12.9. The van der Waals surface area contributed by atoms with E-state index in [1.807, 2.05) is 6.07 Å². The lowest BCUT2D eigenvalue weighted by atomic mass is 10.3. The van der Waals surface area contributed by atoms with E-state index in [-0.39, 0.29) is 5.82 Å². The van der Waals surface area contributed by atoms with Crippen molar-refractivity contribution in [3.05, 3.63) is 30.1 Å². The molecule has 3 heteroatoms. The van der Waals surface area contributed by atoms with Gasteiger partial charge in [-0.15, -0.1) is 0 Å². The number of nitrogens with one attached hydrogen (secondary N) is 1. The molecule has 0 atom stereocenters. The van der Waals surface area contributed by atoms with Crippen LogP contribution in [0.15, 0.2) is 24.3 Å². The fourth-order valence-corrected chi connectivity index (χ4v) is 0.858. The van der Waals surface area contributed by atoms with E-state index in [4.69, 9.17) is 5.26 Å². The highest BCUT2D eigenvalue weighted by Crippen LogP contribution is 2.11. The second kappa shape index (κ2) is 4.35. The molecule has 0 aromatic heterocycles. The van der Waals surface area contributed by atoms with Gasteiger partial charge in [-0.1, -0.05) is 12.1 Å². The van der Waals surface area contributed by atoms with Gasteiger partial charge in [0.1, 0.15) is 5.82 Å². The third-order valence-corrected chi connectivity index (χ3v) is 1.43. The molecule has 0 heterocycles. The minimum atomic E-state index is -0.282. The Balaban J connectivity index is 2.53. The second-order valence-electron chi connectivity index (χ2n) is 2.31. The van der Waals surface area contributed by atoms with E-state index in [2.05, 4.69) is 5.32 Å². The van der Waals surface area contributed by atoms with Crippen LogP contribution in [-0.2, 0) is 0 Å². The van der Waals surface area contributed by atoms with Crippen molar-refractivity contribution in [1.82, 2.24) is 0 Å². The second-order valence-corrected chi connectivity index (χ2v) is 2.31. The molecule has 2 nitrogen and oxygen atoms in total. The molecule has 0 spiro atoms. The fourth-order valence-electron chi connectivity index (χ4n) is 0.858. The van der Waals surface area contributed by atoms with Gasteiger partial charge < -0.3 is 5.32 Å². The molecule has 0 aliphatic rings. The average Bonchev–Trinajstić information content (AvgIpc) is 2.09. The normalized spacial score (nSPS) is 9.00. The van der Waals surface area contributed by atoms with Crippen molar-refractivity contribution < 1.29 is 4.39 Å². The first-order valence-corrected chi connectivity index (χ1v) is 3.70. The van der Waals surface area contributed by atoms with Gasteiger partial charge in [-0.25, -0.2) is 4.39 Å².